The molecule has 0 heterocycles. The largest absolute Gasteiger partial charge is 0.497 e. The third-order valence-corrected chi connectivity index (χ3v) is 6.76. The summed E-state index contributed by atoms with van der Waals surface area (Å²) in [5.41, 5.74) is 1.09. The van der Waals surface area contributed by atoms with Crippen molar-refractivity contribution in [2.45, 2.75) is 11.4 Å². The Kier molecular flexibility index (Phi) is 7.61. The zero-order chi connectivity index (χ0) is 23.1. The number of methoxy groups -OCH3 is 2. The minimum Gasteiger partial charge on any atom is -0.497 e. The van der Waals surface area contributed by atoms with Gasteiger partial charge in [0, 0.05) is 17.1 Å². The monoisotopic (exact) mass is 474 g/mol. The number of carbonyl (C=O) groups excluding carboxylic acids is 1. The van der Waals surface area contributed by atoms with Crippen LogP contribution in [0.3, 0.4) is 0 Å². The molecule has 3 rings (SSSR count). The van der Waals surface area contributed by atoms with Crippen LogP contribution < -0.4 is 19.1 Å². The molecule has 0 saturated heterocycles. The van der Waals surface area contributed by atoms with Crippen LogP contribution in [0.5, 0.6) is 11.5 Å². The van der Waals surface area contributed by atoms with Gasteiger partial charge in [-0.05, 0) is 54.6 Å². The zero-order valence-electron chi connectivity index (χ0n) is 17.6. The molecule has 0 atom stereocenters. The summed E-state index contributed by atoms with van der Waals surface area (Å²) in [4.78, 5) is 12.8. The van der Waals surface area contributed by atoms with E-state index < -0.39 is 22.5 Å². The Balaban J connectivity index is 1.85. The highest BCUT2D eigenvalue weighted by Gasteiger charge is 2.27. The van der Waals surface area contributed by atoms with E-state index in [1.807, 2.05) is 18.2 Å². The fraction of sp³-hybridized carbons (Fsp3) is 0.174. The summed E-state index contributed by atoms with van der Waals surface area (Å²) in [6, 6.07) is 19.5. The van der Waals surface area contributed by atoms with Gasteiger partial charge < -0.3 is 14.8 Å². The average molecular weight is 475 g/mol. The molecule has 3 aromatic carbocycles. The van der Waals surface area contributed by atoms with E-state index in [1.165, 1.54) is 19.2 Å². The number of para-hydroxylation sites is 1. The van der Waals surface area contributed by atoms with E-state index in [0.29, 0.717) is 22.2 Å². The van der Waals surface area contributed by atoms with Crippen LogP contribution in [0.2, 0.25) is 5.02 Å². The second kappa shape index (κ2) is 10.4. The van der Waals surface area contributed by atoms with Crippen molar-refractivity contribution in [2.24, 2.45) is 0 Å². The van der Waals surface area contributed by atoms with Gasteiger partial charge in [0.1, 0.15) is 18.0 Å². The average Bonchev–Trinajstić information content (AvgIpc) is 2.82. The lowest BCUT2D eigenvalue weighted by Crippen LogP contribution is -2.40. The Labute approximate surface area is 192 Å². The van der Waals surface area contributed by atoms with Crippen LogP contribution in [-0.4, -0.2) is 35.1 Å². The van der Waals surface area contributed by atoms with Gasteiger partial charge in [0.05, 0.1) is 24.8 Å². The summed E-state index contributed by atoms with van der Waals surface area (Å²) in [6.07, 6.45) is 0. The molecule has 0 spiro atoms. The second-order valence-corrected chi connectivity index (χ2v) is 9.05. The van der Waals surface area contributed by atoms with E-state index in [-0.39, 0.29) is 11.4 Å². The Morgan fingerprint density at radius 3 is 2.22 bits per heavy atom. The van der Waals surface area contributed by atoms with Crippen molar-refractivity contribution in [1.29, 1.82) is 0 Å². The molecule has 168 valence electrons. The Bertz CT molecular complexity index is 1170. The lowest BCUT2D eigenvalue weighted by molar-refractivity contribution is -0.119. The maximum Gasteiger partial charge on any atom is 0.264 e. The van der Waals surface area contributed by atoms with Crippen LogP contribution in [0.4, 0.5) is 5.69 Å². The first-order valence-corrected chi connectivity index (χ1v) is 11.5. The van der Waals surface area contributed by atoms with E-state index in [1.54, 1.807) is 49.6 Å². The van der Waals surface area contributed by atoms with Gasteiger partial charge in [-0.3, -0.25) is 9.10 Å². The fourth-order valence-electron chi connectivity index (χ4n) is 3.03. The molecule has 3 aromatic rings. The highest BCUT2D eigenvalue weighted by atomic mass is 35.5. The number of carbonyl (C=O) groups is 1. The molecule has 0 saturated carbocycles. The number of benzene rings is 3. The van der Waals surface area contributed by atoms with Crippen LogP contribution in [0.15, 0.2) is 77.7 Å². The summed E-state index contributed by atoms with van der Waals surface area (Å²) in [7, 11) is -0.992. The minimum absolute atomic E-state index is 0.0331. The van der Waals surface area contributed by atoms with Gasteiger partial charge in [0.15, 0.2) is 0 Å². The molecule has 0 unspecified atom stereocenters. The molecule has 1 amide bonds. The molecule has 0 fully saturated rings. The van der Waals surface area contributed by atoms with Crippen molar-refractivity contribution in [3.8, 4) is 11.5 Å². The Morgan fingerprint density at radius 2 is 1.59 bits per heavy atom. The molecule has 1 N–H and O–H groups in total. The topological polar surface area (TPSA) is 84.9 Å². The van der Waals surface area contributed by atoms with Gasteiger partial charge in [0.25, 0.3) is 10.0 Å². The highest BCUT2D eigenvalue weighted by molar-refractivity contribution is 7.92. The first kappa shape index (κ1) is 23.4. The van der Waals surface area contributed by atoms with E-state index in [9.17, 15) is 13.2 Å². The van der Waals surface area contributed by atoms with Crippen LogP contribution >= 0.6 is 11.6 Å². The normalized spacial score (nSPS) is 11.0. The van der Waals surface area contributed by atoms with Crippen molar-refractivity contribution in [2.75, 3.05) is 25.1 Å². The quantitative estimate of drug-likeness (QED) is 0.509. The standard InChI is InChI=1S/C23H23ClN2O5S/c1-30-20-11-13-21(14-12-20)32(28,29)26(19-9-7-18(24)8-10-19)16-23(27)25-15-17-5-3-4-6-22(17)31-2/h3-14H,15-16H2,1-2H3,(H,25,27). The number of nitrogens with zero attached hydrogens (tertiary/aromatic N) is 1. The van der Waals surface area contributed by atoms with E-state index in [4.69, 9.17) is 21.1 Å². The second-order valence-electron chi connectivity index (χ2n) is 6.75. The molecule has 32 heavy (non-hydrogen) atoms. The van der Waals surface area contributed by atoms with Gasteiger partial charge in [-0.25, -0.2) is 8.42 Å². The Morgan fingerprint density at radius 1 is 0.938 bits per heavy atom. The van der Waals surface area contributed by atoms with Gasteiger partial charge in [0.2, 0.25) is 5.91 Å². The summed E-state index contributed by atoms with van der Waals surface area (Å²) in [5.74, 6) is 0.688. The van der Waals surface area contributed by atoms with E-state index in [2.05, 4.69) is 5.32 Å². The summed E-state index contributed by atoms with van der Waals surface area (Å²) in [6.45, 7) is -0.217. The van der Waals surface area contributed by atoms with Gasteiger partial charge in [-0.1, -0.05) is 29.8 Å². The number of sulfonamides is 1. The first-order valence-electron chi connectivity index (χ1n) is 9.66. The molecular formula is C23H23ClN2O5S. The molecule has 7 nitrogen and oxygen atoms in total. The predicted octanol–water partition coefficient (Wildman–Crippen LogP) is 3.87. The third kappa shape index (κ3) is 5.52. The lowest BCUT2D eigenvalue weighted by Gasteiger charge is -2.24. The smallest absolute Gasteiger partial charge is 0.264 e. The van der Waals surface area contributed by atoms with Crippen molar-refractivity contribution in [3.05, 3.63) is 83.4 Å². The number of hydrogen-bond donors (Lipinski definition) is 1. The van der Waals surface area contributed by atoms with Crippen molar-refractivity contribution < 1.29 is 22.7 Å². The number of anilines is 1. The molecule has 0 aliphatic rings. The number of rotatable bonds is 9. The van der Waals surface area contributed by atoms with Crippen LogP contribution in [-0.2, 0) is 21.4 Å². The van der Waals surface area contributed by atoms with Crippen molar-refractivity contribution in [1.82, 2.24) is 5.32 Å². The molecule has 0 radical (unpaired) electrons. The molecule has 0 bridgehead atoms. The summed E-state index contributed by atoms with van der Waals surface area (Å²) >= 11 is 5.96. The maximum atomic E-state index is 13.4. The molecule has 0 aliphatic heterocycles. The van der Waals surface area contributed by atoms with Gasteiger partial charge in [-0.15, -0.1) is 0 Å². The molecule has 9 heteroatoms. The maximum absolute atomic E-state index is 13.4. The molecule has 0 aromatic heterocycles. The summed E-state index contributed by atoms with van der Waals surface area (Å²) in [5, 5.41) is 3.21. The SMILES string of the molecule is COc1ccc(S(=O)(=O)N(CC(=O)NCc2ccccc2OC)c2ccc(Cl)cc2)cc1. The zero-order valence-corrected chi connectivity index (χ0v) is 19.2. The van der Waals surface area contributed by atoms with Crippen LogP contribution in [0.1, 0.15) is 5.56 Å². The number of ether oxygens (including phenoxy) is 2. The van der Waals surface area contributed by atoms with Gasteiger partial charge >= 0.3 is 0 Å². The lowest BCUT2D eigenvalue weighted by atomic mass is 10.2. The first-order chi connectivity index (χ1) is 15.3. The number of amides is 1. The minimum atomic E-state index is -4.03. The van der Waals surface area contributed by atoms with Crippen LogP contribution in [0.25, 0.3) is 0 Å². The number of halogens is 1. The third-order valence-electron chi connectivity index (χ3n) is 4.72. The van der Waals surface area contributed by atoms with Crippen molar-refractivity contribution in [3.63, 3.8) is 0 Å². The summed E-state index contributed by atoms with van der Waals surface area (Å²) < 4.78 is 38.2. The highest BCUT2D eigenvalue weighted by Crippen LogP contribution is 2.26. The van der Waals surface area contributed by atoms with E-state index >= 15 is 0 Å². The van der Waals surface area contributed by atoms with Crippen molar-refractivity contribution >= 4 is 33.2 Å². The molecular weight excluding hydrogens is 452 g/mol. The van der Waals surface area contributed by atoms with E-state index in [0.717, 1.165) is 9.87 Å². The van der Waals surface area contributed by atoms with Crippen LogP contribution in [0, 0.1) is 0 Å². The fourth-order valence-corrected chi connectivity index (χ4v) is 4.57. The predicted molar refractivity (Wildman–Crippen MR) is 124 cm³/mol. The van der Waals surface area contributed by atoms with Gasteiger partial charge in [-0.2, -0.15) is 0 Å². The molecule has 0 aliphatic carbocycles. The number of hydrogen-bond acceptors (Lipinski definition) is 5. The number of nitrogens with one attached hydrogen (secondary N) is 1. The Hall–Kier alpha value is -3.23.